The van der Waals surface area contributed by atoms with Crippen LogP contribution in [-0.4, -0.2) is 43.2 Å². The number of nitrogens with zero attached hydrogens (tertiary/aromatic N) is 1. The van der Waals surface area contributed by atoms with E-state index in [0.717, 1.165) is 30.9 Å². The van der Waals surface area contributed by atoms with Crippen LogP contribution >= 0.6 is 0 Å². The Balaban J connectivity index is 2.78. The summed E-state index contributed by atoms with van der Waals surface area (Å²) in [5, 5.41) is 2.73. The first kappa shape index (κ1) is 16.7. The smallest absolute Gasteiger partial charge is 0.211 e. The fourth-order valence-electron chi connectivity index (χ4n) is 2.56. The van der Waals surface area contributed by atoms with Gasteiger partial charge in [0.1, 0.15) is 0 Å². The van der Waals surface area contributed by atoms with Gasteiger partial charge in [0.2, 0.25) is 6.41 Å². The van der Waals surface area contributed by atoms with E-state index in [0.29, 0.717) is 6.41 Å². The average Bonchev–Trinajstić information content (AvgIpc) is 2.36. The number of morpholine rings is 1. The summed E-state index contributed by atoms with van der Waals surface area (Å²) in [5.74, 6) is 0. The minimum atomic E-state index is 0.267. The third-order valence-corrected chi connectivity index (χ3v) is 3.50. The van der Waals surface area contributed by atoms with Gasteiger partial charge in [-0.15, -0.1) is 0 Å². The van der Waals surface area contributed by atoms with Crippen molar-refractivity contribution >= 4 is 6.41 Å². The van der Waals surface area contributed by atoms with Gasteiger partial charge < -0.3 is 10.1 Å². The number of allylic oxidation sites excluding steroid dienone is 3. The Hall–Kier alpha value is -1.39. The maximum atomic E-state index is 10.7. The molecule has 1 heterocycles. The van der Waals surface area contributed by atoms with E-state index in [9.17, 15) is 4.79 Å². The predicted octanol–water partition coefficient (Wildman–Crippen LogP) is 2.25. The molecule has 1 amide bonds. The molecule has 0 aliphatic carbocycles. The van der Waals surface area contributed by atoms with Gasteiger partial charge in [-0.2, -0.15) is 0 Å². The van der Waals surface area contributed by atoms with Crippen molar-refractivity contribution in [2.45, 2.75) is 39.9 Å². The number of ether oxygens (including phenoxy) is 1. The van der Waals surface area contributed by atoms with Crippen molar-refractivity contribution in [1.82, 2.24) is 10.2 Å². The maximum absolute atomic E-state index is 10.7. The number of hydrogen-bond donors (Lipinski definition) is 1. The van der Waals surface area contributed by atoms with E-state index in [-0.39, 0.29) is 12.2 Å². The lowest BCUT2D eigenvalue weighted by Crippen LogP contribution is -2.46. The molecule has 112 valence electrons. The van der Waals surface area contributed by atoms with Gasteiger partial charge in [-0.25, -0.2) is 0 Å². The molecule has 20 heavy (non-hydrogen) atoms. The van der Waals surface area contributed by atoms with Crippen molar-refractivity contribution in [2.75, 3.05) is 19.6 Å². The van der Waals surface area contributed by atoms with Crippen molar-refractivity contribution in [1.29, 1.82) is 0 Å². The van der Waals surface area contributed by atoms with Crippen molar-refractivity contribution in [3.63, 3.8) is 0 Å². The molecule has 1 N–H and O–H groups in total. The molecule has 0 unspecified atom stereocenters. The van der Waals surface area contributed by atoms with Crippen LogP contribution in [0.15, 0.2) is 35.6 Å². The first-order valence-corrected chi connectivity index (χ1v) is 7.05. The lowest BCUT2D eigenvalue weighted by atomic mass is 10.1. The molecule has 0 spiro atoms. The number of nitrogens with one attached hydrogen (secondary N) is 1. The summed E-state index contributed by atoms with van der Waals surface area (Å²) in [6.07, 6.45) is 4.73. The molecule has 2 atom stereocenters. The van der Waals surface area contributed by atoms with Gasteiger partial charge in [0.25, 0.3) is 0 Å². The molecule has 1 aliphatic rings. The van der Waals surface area contributed by atoms with Crippen LogP contribution in [-0.2, 0) is 9.53 Å². The van der Waals surface area contributed by atoms with Gasteiger partial charge in [0.05, 0.1) is 12.2 Å². The second kappa shape index (κ2) is 8.02. The minimum absolute atomic E-state index is 0.267. The molecule has 1 rings (SSSR count). The minimum Gasteiger partial charge on any atom is -0.373 e. The van der Waals surface area contributed by atoms with Gasteiger partial charge in [0, 0.05) is 25.3 Å². The van der Waals surface area contributed by atoms with Crippen LogP contribution in [0, 0.1) is 0 Å². The Kier molecular flexibility index (Phi) is 6.68. The standard InChI is InChI=1S/C16H26N2O2/c1-6-7-16(17-11-19)15(5)12(2)8-18-9-13(3)20-14(4)10-18/h6-7,11,13-14H,1,8-10H2,2-5H3,(H,17,19)/b15-12-,16-7+/t13-,14+. The quantitative estimate of drug-likeness (QED) is 0.598. The zero-order chi connectivity index (χ0) is 15.1. The molecular formula is C16H26N2O2. The van der Waals surface area contributed by atoms with Gasteiger partial charge in [-0.05, 0) is 39.3 Å². The second-order valence-electron chi connectivity index (χ2n) is 5.43. The first-order chi connectivity index (χ1) is 9.47. The van der Waals surface area contributed by atoms with E-state index in [1.54, 1.807) is 6.08 Å². The molecule has 0 aromatic rings. The molecule has 0 aromatic heterocycles. The summed E-state index contributed by atoms with van der Waals surface area (Å²) in [5.41, 5.74) is 3.14. The van der Waals surface area contributed by atoms with Gasteiger partial charge in [-0.1, -0.05) is 18.2 Å². The zero-order valence-electron chi connectivity index (χ0n) is 13.0. The fraction of sp³-hybridized carbons (Fsp3) is 0.562. The summed E-state index contributed by atoms with van der Waals surface area (Å²) < 4.78 is 5.74. The van der Waals surface area contributed by atoms with Crippen LogP contribution in [0.25, 0.3) is 0 Å². The highest BCUT2D eigenvalue weighted by molar-refractivity contribution is 5.54. The Morgan fingerprint density at radius 3 is 2.45 bits per heavy atom. The number of carbonyl (C=O) groups is 1. The molecule has 0 saturated carbocycles. The molecule has 0 radical (unpaired) electrons. The van der Waals surface area contributed by atoms with Crippen LogP contribution in [0.5, 0.6) is 0 Å². The SMILES string of the molecule is C=C/C=C(NC=O)\C(C)=C(\C)CN1C[C@@H](C)O[C@@H](C)C1. The highest BCUT2D eigenvalue weighted by Gasteiger charge is 2.22. The van der Waals surface area contributed by atoms with Gasteiger partial charge in [0.15, 0.2) is 0 Å². The predicted molar refractivity (Wildman–Crippen MR) is 82.3 cm³/mol. The highest BCUT2D eigenvalue weighted by Crippen LogP contribution is 2.16. The molecule has 0 bridgehead atoms. The topological polar surface area (TPSA) is 41.6 Å². The van der Waals surface area contributed by atoms with Crippen LogP contribution in [0.1, 0.15) is 27.7 Å². The lowest BCUT2D eigenvalue weighted by Gasteiger charge is -2.35. The molecular weight excluding hydrogens is 252 g/mol. The van der Waals surface area contributed by atoms with Crippen LogP contribution < -0.4 is 5.32 Å². The number of rotatable bonds is 6. The number of amides is 1. The Bertz CT molecular complexity index is 403. The summed E-state index contributed by atoms with van der Waals surface area (Å²) in [6.45, 7) is 14.8. The van der Waals surface area contributed by atoms with Crippen molar-refractivity contribution in [3.05, 3.63) is 35.6 Å². The summed E-state index contributed by atoms with van der Waals surface area (Å²) in [6, 6.07) is 0. The fourth-order valence-corrected chi connectivity index (χ4v) is 2.56. The Morgan fingerprint density at radius 2 is 1.95 bits per heavy atom. The third kappa shape index (κ3) is 4.94. The Morgan fingerprint density at radius 1 is 1.35 bits per heavy atom. The van der Waals surface area contributed by atoms with E-state index >= 15 is 0 Å². The highest BCUT2D eigenvalue weighted by atomic mass is 16.5. The van der Waals surface area contributed by atoms with E-state index < -0.39 is 0 Å². The average molecular weight is 278 g/mol. The summed E-state index contributed by atoms with van der Waals surface area (Å²) in [4.78, 5) is 13.1. The maximum Gasteiger partial charge on any atom is 0.211 e. The van der Waals surface area contributed by atoms with Crippen LogP contribution in [0.4, 0.5) is 0 Å². The molecule has 4 nitrogen and oxygen atoms in total. The second-order valence-corrected chi connectivity index (χ2v) is 5.43. The zero-order valence-corrected chi connectivity index (χ0v) is 13.0. The normalized spacial score (nSPS) is 25.9. The van der Waals surface area contributed by atoms with Gasteiger partial charge >= 0.3 is 0 Å². The van der Waals surface area contributed by atoms with Crippen molar-refractivity contribution < 1.29 is 9.53 Å². The lowest BCUT2D eigenvalue weighted by molar-refractivity contribution is -0.108. The van der Waals surface area contributed by atoms with Crippen LogP contribution in [0.2, 0.25) is 0 Å². The molecule has 0 aromatic carbocycles. The molecule has 1 aliphatic heterocycles. The monoisotopic (exact) mass is 278 g/mol. The van der Waals surface area contributed by atoms with E-state index in [1.807, 2.05) is 13.0 Å². The third-order valence-electron chi connectivity index (χ3n) is 3.50. The molecule has 1 saturated heterocycles. The van der Waals surface area contributed by atoms with Crippen LogP contribution in [0.3, 0.4) is 0 Å². The molecule has 4 heteroatoms. The number of hydrogen-bond acceptors (Lipinski definition) is 3. The van der Waals surface area contributed by atoms with Gasteiger partial charge in [-0.3, -0.25) is 9.69 Å². The summed E-state index contributed by atoms with van der Waals surface area (Å²) >= 11 is 0. The van der Waals surface area contributed by atoms with Crippen molar-refractivity contribution in [3.8, 4) is 0 Å². The van der Waals surface area contributed by atoms with E-state index in [1.165, 1.54) is 5.57 Å². The summed E-state index contributed by atoms with van der Waals surface area (Å²) in [7, 11) is 0. The van der Waals surface area contributed by atoms with E-state index in [4.69, 9.17) is 4.74 Å². The van der Waals surface area contributed by atoms with Crippen molar-refractivity contribution in [2.24, 2.45) is 0 Å². The van der Waals surface area contributed by atoms with E-state index in [2.05, 4.69) is 37.6 Å². The first-order valence-electron chi connectivity index (χ1n) is 7.05. The Labute approximate surface area is 122 Å². The molecule has 1 fully saturated rings. The number of carbonyl (C=O) groups excluding carboxylic acids is 1. The largest absolute Gasteiger partial charge is 0.373 e.